The average Bonchev–Trinajstić information content (AvgIpc) is 2.66. The van der Waals surface area contributed by atoms with Gasteiger partial charge in [0, 0.05) is 19.3 Å². The van der Waals surface area contributed by atoms with E-state index < -0.39 is 0 Å². The van der Waals surface area contributed by atoms with Crippen LogP contribution < -0.4 is 5.32 Å². The molecular formula is C14H27N3. The highest BCUT2D eigenvalue weighted by Crippen LogP contribution is 2.10. The van der Waals surface area contributed by atoms with Crippen molar-refractivity contribution in [2.75, 3.05) is 7.05 Å². The van der Waals surface area contributed by atoms with Crippen LogP contribution in [0.4, 0.5) is 0 Å². The Morgan fingerprint density at radius 2 is 1.88 bits per heavy atom. The quantitative estimate of drug-likeness (QED) is 0.668. The molecule has 0 saturated carbocycles. The van der Waals surface area contributed by atoms with Gasteiger partial charge < -0.3 is 9.88 Å². The predicted molar refractivity (Wildman–Crippen MR) is 73.1 cm³/mol. The van der Waals surface area contributed by atoms with Gasteiger partial charge in [-0.3, -0.25) is 0 Å². The summed E-state index contributed by atoms with van der Waals surface area (Å²) in [6.45, 7) is 6.39. The van der Waals surface area contributed by atoms with E-state index >= 15 is 0 Å². The van der Waals surface area contributed by atoms with Gasteiger partial charge in [-0.1, -0.05) is 39.0 Å². The summed E-state index contributed by atoms with van der Waals surface area (Å²) >= 11 is 0. The lowest BCUT2D eigenvalue weighted by Gasteiger charge is -2.09. The van der Waals surface area contributed by atoms with E-state index in [1.165, 1.54) is 44.2 Å². The Bertz CT molecular complexity index is 304. The Morgan fingerprint density at radius 3 is 2.59 bits per heavy atom. The number of nitrogens with one attached hydrogen (secondary N) is 1. The lowest BCUT2D eigenvalue weighted by atomic mass is 10.1. The van der Waals surface area contributed by atoms with Gasteiger partial charge in [-0.05, 0) is 20.4 Å². The van der Waals surface area contributed by atoms with Crippen LogP contribution in [0.25, 0.3) is 0 Å². The third-order valence-corrected chi connectivity index (χ3v) is 3.23. The molecule has 0 spiro atoms. The lowest BCUT2D eigenvalue weighted by Crippen LogP contribution is -2.12. The summed E-state index contributed by atoms with van der Waals surface area (Å²) in [6, 6.07) is 0. The van der Waals surface area contributed by atoms with Crippen LogP contribution in [-0.2, 0) is 13.1 Å². The van der Waals surface area contributed by atoms with E-state index in [1.54, 1.807) is 0 Å². The van der Waals surface area contributed by atoms with Crippen LogP contribution in [0.3, 0.4) is 0 Å². The first-order chi connectivity index (χ1) is 8.29. The first kappa shape index (κ1) is 14.2. The van der Waals surface area contributed by atoms with Crippen molar-refractivity contribution in [3.8, 4) is 0 Å². The maximum atomic E-state index is 4.39. The predicted octanol–water partition coefficient (Wildman–Crippen LogP) is 3.27. The minimum absolute atomic E-state index is 0.913. The fraction of sp³-hybridized carbons (Fsp3) is 0.786. The SMILES string of the molecule is CCCCCCCCn1c(CNC)cnc1C. The Balaban J connectivity index is 2.27. The van der Waals surface area contributed by atoms with Crippen LogP contribution in [0.1, 0.15) is 57.0 Å². The van der Waals surface area contributed by atoms with Gasteiger partial charge in [0.1, 0.15) is 5.82 Å². The van der Waals surface area contributed by atoms with Crippen molar-refractivity contribution >= 4 is 0 Å². The summed E-state index contributed by atoms with van der Waals surface area (Å²) in [7, 11) is 1.98. The number of aryl methyl sites for hydroxylation is 1. The Hall–Kier alpha value is -0.830. The summed E-state index contributed by atoms with van der Waals surface area (Å²) in [6.07, 6.45) is 10.1. The highest BCUT2D eigenvalue weighted by atomic mass is 15.1. The van der Waals surface area contributed by atoms with Crippen LogP contribution >= 0.6 is 0 Å². The topological polar surface area (TPSA) is 29.9 Å². The third kappa shape index (κ3) is 4.90. The van der Waals surface area contributed by atoms with Crippen LogP contribution in [0.2, 0.25) is 0 Å². The zero-order valence-electron chi connectivity index (χ0n) is 11.6. The van der Waals surface area contributed by atoms with Crippen LogP contribution in [0.5, 0.6) is 0 Å². The van der Waals surface area contributed by atoms with Gasteiger partial charge in [-0.2, -0.15) is 0 Å². The summed E-state index contributed by atoms with van der Waals surface area (Å²) in [5, 5.41) is 3.20. The van der Waals surface area contributed by atoms with Gasteiger partial charge in [0.25, 0.3) is 0 Å². The molecule has 98 valence electrons. The average molecular weight is 237 g/mol. The molecule has 3 nitrogen and oxygen atoms in total. The summed E-state index contributed by atoms with van der Waals surface area (Å²) in [4.78, 5) is 4.39. The Morgan fingerprint density at radius 1 is 1.18 bits per heavy atom. The van der Waals surface area contributed by atoms with Crippen molar-refractivity contribution in [2.24, 2.45) is 0 Å². The Labute approximate surface area is 106 Å². The van der Waals surface area contributed by atoms with E-state index in [9.17, 15) is 0 Å². The smallest absolute Gasteiger partial charge is 0.105 e. The molecule has 1 aromatic rings. The number of hydrogen-bond donors (Lipinski definition) is 1. The fourth-order valence-electron chi connectivity index (χ4n) is 2.19. The number of unbranched alkanes of at least 4 members (excludes halogenated alkanes) is 5. The van der Waals surface area contributed by atoms with Crippen molar-refractivity contribution in [1.29, 1.82) is 0 Å². The van der Waals surface area contributed by atoms with E-state index in [0.717, 1.165) is 18.9 Å². The molecule has 0 aromatic carbocycles. The van der Waals surface area contributed by atoms with Gasteiger partial charge in [-0.25, -0.2) is 4.98 Å². The molecule has 17 heavy (non-hydrogen) atoms. The molecule has 0 atom stereocenters. The number of nitrogens with zero attached hydrogens (tertiary/aromatic N) is 2. The van der Waals surface area contributed by atoms with Crippen LogP contribution in [0, 0.1) is 6.92 Å². The van der Waals surface area contributed by atoms with E-state index in [-0.39, 0.29) is 0 Å². The minimum Gasteiger partial charge on any atom is -0.331 e. The van der Waals surface area contributed by atoms with E-state index in [2.05, 4.69) is 28.7 Å². The summed E-state index contributed by atoms with van der Waals surface area (Å²) in [5.41, 5.74) is 1.30. The number of hydrogen-bond acceptors (Lipinski definition) is 2. The highest BCUT2D eigenvalue weighted by molar-refractivity contribution is 5.04. The van der Waals surface area contributed by atoms with Crippen molar-refractivity contribution in [1.82, 2.24) is 14.9 Å². The Kier molecular flexibility index (Phi) is 6.94. The molecule has 1 aromatic heterocycles. The van der Waals surface area contributed by atoms with Gasteiger partial charge >= 0.3 is 0 Å². The van der Waals surface area contributed by atoms with Crippen LogP contribution in [0.15, 0.2) is 6.20 Å². The van der Waals surface area contributed by atoms with E-state index in [4.69, 9.17) is 0 Å². The molecule has 1 N–H and O–H groups in total. The first-order valence-electron chi connectivity index (χ1n) is 6.95. The summed E-state index contributed by atoms with van der Waals surface area (Å²) < 4.78 is 2.34. The molecule has 0 saturated heterocycles. The normalized spacial score (nSPS) is 11.0. The molecule has 1 rings (SSSR count). The second-order valence-electron chi connectivity index (χ2n) is 4.75. The largest absolute Gasteiger partial charge is 0.331 e. The number of rotatable bonds is 9. The van der Waals surface area contributed by atoms with Gasteiger partial charge in [0.2, 0.25) is 0 Å². The fourth-order valence-corrected chi connectivity index (χ4v) is 2.19. The zero-order valence-corrected chi connectivity index (χ0v) is 11.6. The van der Waals surface area contributed by atoms with Gasteiger partial charge in [0.05, 0.1) is 5.69 Å². The molecule has 0 aliphatic carbocycles. The molecule has 0 radical (unpaired) electrons. The molecule has 3 heteroatoms. The second kappa shape index (κ2) is 8.29. The number of aromatic nitrogens is 2. The van der Waals surface area contributed by atoms with Crippen molar-refractivity contribution in [3.63, 3.8) is 0 Å². The van der Waals surface area contributed by atoms with Crippen molar-refractivity contribution < 1.29 is 0 Å². The monoisotopic (exact) mass is 237 g/mol. The van der Waals surface area contributed by atoms with Crippen molar-refractivity contribution in [2.45, 2.75) is 65.5 Å². The molecular weight excluding hydrogens is 210 g/mol. The molecule has 0 unspecified atom stereocenters. The molecule has 1 heterocycles. The standard InChI is InChI=1S/C14H27N3/c1-4-5-6-7-8-9-10-17-13(2)16-12-14(17)11-15-3/h12,15H,4-11H2,1-3H3. The zero-order chi connectivity index (χ0) is 12.5. The number of imidazole rings is 1. The van der Waals surface area contributed by atoms with Gasteiger partial charge in [0.15, 0.2) is 0 Å². The molecule has 0 amide bonds. The van der Waals surface area contributed by atoms with Crippen molar-refractivity contribution in [3.05, 3.63) is 17.7 Å². The van der Waals surface area contributed by atoms with E-state index in [1.807, 2.05) is 13.2 Å². The third-order valence-electron chi connectivity index (χ3n) is 3.23. The minimum atomic E-state index is 0.913. The van der Waals surface area contributed by atoms with E-state index in [0.29, 0.717) is 0 Å². The molecule has 0 bridgehead atoms. The molecule has 0 aliphatic heterocycles. The molecule has 0 aliphatic rings. The summed E-state index contributed by atoms with van der Waals surface area (Å²) in [5.74, 6) is 1.14. The lowest BCUT2D eigenvalue weighted by molar-refractivity contribution is 0.536. The van der Waals surface area contributed by atoms with Crippen LogP contribution in [-0.4, -0.2) is 16.6 Å². The maximum Gasteiger partial charge on any atom is 0.105 e. The second-order valence-corrected chi connectivity index (χ2v) is 4.75. The highest BCUT2D eigenvalue weighted by Gasteiger charge is 2.04. The molecule has 0 fully saturated rings. The maximum absolute atomic E-state index is 4.39. The van der Waals surface area contributed by atoms with Gasteiger partial charge in [-0.15, -0.1) is 0 Å². The first-order valence-corrected chi connectivity index (χ1v) is 6.95.